The van der Waals surface area contributed by atoms with Crippen molar-refractivity contribution in [3.63, 3.8) is 0 Å². The zero-order valence-corrected chi connectivity index (χ0v) is 35.9. The van der Waals surface area contributed by atoms with E-state index in [4.69, 9.17) is 4.42 Å². The van der Waals surface area contributed by atoms with Crippen molar-refractivity contribution >= 4 is 94.4 Å². The van der Waals surface area contributed by atoms with E-state index in [1.807, 2.05) is 12.1 Å². The number of hydrogen-bond acceptors (Lipinski definition) is 1. The van der Waals surface area contributed by atoms with Crippen molar-refractivity contribution in [2.24, 2.45) is 0 Å². The van der Waals surface area contributed by atoms with Crippen LogP contribution in [0, 0.1) is 0 Å². The lowest BCUT2D eigenvalue weighted by Gasteiger charge is -2.34. The lowest BCUT2D eigenvalue weighted by atomic mass is 9.98. The Bertz CT molecular complexity index is 3800. The second kappa shape index (κ2) is 14.5. The van der Waals surface area contributed by atoms with E-state index < -0.39 is 8.07 Å². The van der Waals surface area contributed by atoms with Gasteiger partial charge in [0.25, 0.3) is 0 Å². The molecule has 0 N–H and O–H groups in total. The van der Waals surface area contributed by atoms with Gasteiger partial charge in [0.15, 0.2) is 8.07 Å². The molecule has 300 valence electrons. The van der Waals surface area contributed by atoms with Gasteiger partial charge >= 0.3 is 0 Å². The summed E-state index contributed by atoms with van der Waals surface area (Å²) in [6.45, 7) is 0. The smallest absolute Gasteiger partial charge is 0.179 e. The molecule has 0 spiro atoms. The third-order valence-electron chi connectivity index (χ3n) is 13.5. The van der Waals surface area contributed by atoms with E-state index in [1.165, 1.54) is 75.5 Å². The molecule has 0 radical (unpaired) electrons. The molecule has 0 aliphatic carbocycles. The van der Waals surface area contributed by atoms with Crippen LogP contribution in [0.4, 0.5) is 0 Å². The maximum absolute atomic E-state index is 6.24. The van der Waals surface area contributed by atoms with E-state index in [0.717, 1.165) is 33.3 Å². The number of hydrogen-bond donors (Lipinski definition) is 0. The highest BCUT2D eigenvalue weighted by Gasteiger charge is 2.41. The molecule has 13 aromatic rings. The fraction of sp³-hybridized carbons (Fsp3) is 0. The predicted octanol–water partition coefficient (Wildman–Crippen LogP) is 12.8. The highest BCUT2D eigenvalue weighted by Crippen LogP contribution is 2.41. The molecule has 13 rings (SSSR count). The van der Waals surface area contributed by atoms with E-state index >= 15 is 0 Å². The molecule has 0 unspecified atom stereocenters. The monoisotopic (exact) mass is 832 g/mol. The van der Waals surface area contributed by atoms with Crippen LogP contribution in [-0.4, -0.2) is 17.2 Å². The molecular weight excluding hydrogens is 793 g/mol. The molecular formula is C60H40N2OSi. The summed E-state index contributed by atoms with van der Waals surface area (Å²) in [4.78, 5) is 0. The number of nitrogens with zero attached hydrogens (tertiary/aromatic N) is 2. The summed E-state index contributed by atoms with van der Waals surface area (Å²) in [6, 6.07) is 89.4. The van der Waals surface area contributed by atoms with Crippen LogP contribution >= 0.6 is 0 Å². The summed E-state index contributed by atoms with van der Waals surface area (Å²) in [5.74, 6) is 0. The van der Waals surface area contributed by atoms with Crippen molar-refractivity contribution < 1.29 is 4.42 Å². The SMILES string of the molecule is c1ccc([Si](c2ccccc2)(c2ccccc2)c2cccc(-n3c4ccccc4c4ccc(-n5c6ccccc6c6c(-c7ccc8oc9ccccc9c8c7)cccc65)cc43)c2)cc1. The average Bonchev–Trinajstić information content (AvgIpc) is 4.03. The summed E-state index contributed by atoms with van der Waals surface area (Å²) in [5, 5.41) is 12.6. The van der Waals surface area contributed by atoms with E-state index in [1.54, 1.807) is 0 Å². The molecule has 3 aromatic heterocycles. The van der Waals surface area contributed by atoms with Crippen LogP contribution in [0.2, 0.25) is 0 Å². The molecule has 0 amide bonds. The zero-order chi connectivity index (χ0) is 42.2. The maximum Gasteiger partial charge on any atom is 0.179 e. The average molecular weight is 833 g/mol. The van der Waals surface area contributed by atoms with Crippen LogP contribution in [0.5, 0.6) is 0 Å². The lowest BCUT2D eigenvalue weighted by molar-refractivity contribution is 0.669. The molecule has 10 aromatic carbocycles. The van der Waals surface area contributed by atoms with E-state index in [2.05, 4.69) is 240 Å². The Morgan fingerprint density at radius 1 is 0.297 bits per heavy atom. The molecule has 0 aliphatic rings. The summed E-state index contributed by atoms with van der Waals surface area (Å²) in [5.41, 5.74) is 11.2. The van der Waals surface area contributed by atoms with Gasteiger partial charge < -0.3 is 13.6 Å². The number of fused-ring (bicyclic) bond motifs is 9. The third kappa shape index (κ3) is 5.39. The lowest BCUT2D eigenvalue weighted by Crippen LogP contribution is -2.74. The Morgan fingerprint density at radius 2 is 0.812 bits per heavy atom. The van der Waals surface area contributed by atoms with Gasteiger partial charge in [0.2, 0.25) is 0 Å². The van der Waals surface area contributed by atoms with Crippen molar-refractivity contribution in [3.05, 3.63) is 243 Å². The Hall–Kier alpha value is -8.18. The van der Waals surface area contributed by atoms with Crippen LogP contribution in [-0.2, 0) is 0 Å². The number of furan rings is 1. The fourth-order valence-corrected chi connectivity index (χ4v) is 15.5. The molecule has 0 saturated carbocycles. The summed E-state index contributed by atoms with van der Waals surface area (Å²) in [7, 11) is -2.78. The van der Waals surface area contributed by atoms with Crippen molar-refractivity contribution in [3.8, 4) is 22.5 Å². The quantitative estimate of drug-likeness (QED) is 0.116. The molecule has 64 heavy (non-hydrogen) atoms. The minimum atomic E-state index is -2.78. The zero-order valence-electron chi connectivity index (χ0n) is 34.9. The molecule has 4 heteroatoms. The predicted molar refractivity (Wildman–Crippen MR) is 271 cm³/mol. The molecule has 0 bridgehead atoms. The number of para-hydroxylation sites is 3. The van der Waals surface area contributed by atoms with Crippen molar-refractivity contribution in [2.45, 2.75) is 0 Å². The first kappa shape index (κ1) is 36.5. The minimum absolute atomic E-state index is 0.905. The highest BCUT2D eigenvalue weighted by atomic mass is 28.3. The van der Waals surface area contributed by atoms with Gasteiger partial charge in [-0.25, -0.2) is 0 Å². The molecule has 0 atom stereocenters. The minimum Gasteiger partial charge on any atom is -0.456 e. The van der Waals surface area contributed by atoms with Crippen LogP contribution in [0.3, 0.4) is 0 Å². The first-order valence-corrected chi connectivity index (χ1v) is 24.0. The Labute approximate surface area is 371 Å². The van der Waals surface area contributed by atoms with Crippen LogP contribution in [0.15, 0.2) is 247 Å². The van der Waals surface area contributed by atoms with Gasteiger partial charge in [-0.15, -0.1) is 0 Å². The Morgan fingerprint density at radius 3 is 1.53 bits per heavy atom. The van der Waals surface area contributed by atoms with Crippen LogP contribution in [0.1, 0.15) is 0 Å². The van der Waals surface area contributed by atoms with E-state index in [-0.39, 0.29) is 0 Å². The first-order chi connectivity index (χ1) is 31.8. The van der Waals surface area contributed by atoms with Crippen LogP contribution < -0.4 is 20.7 Å². The number of rotatable bonds is 7. The molecule has 3 nitrogen and oxygen atoms in total. The summed E-state index contributed by atoms with van der Waals surface area (Å²) < 4.78 is 11.2. The second-order valence-electron chi connectivity index (χ2n) is 16.8. The van der Waals surface area contributed by atoms with Gasteiger partial charge in [0.1, 0.15) is 11.2 Å². The largest absolute Gasteiger partial charge is 0.456 e. The molecule has 0 aliphatic heterocycles. The number of benzene rings is 10. The highest BCUT2D eigenvalue weighted by molar-refractivity contribution is 7.19. The van der Waals surface area contributed by atoms with Gasteiger partial charge in [-0.3, -0.25) is 0 Å². The molecule has 3 heterocycles. The standard InChI is InChI=1S/C60H40N2OSi/c1-4-19-44(20-5-1)64(45-21-6-2-7-22-45,46-23-8-3-9-24-46)47-25-16-18-42(39-47)62-54-30-13-10-26-49(54)50-36-35-43(40-57(50)62)61-55-31-14-11-28-52(55)60-48(29-17-32-56(60)61)41-34-37-59-53(38-41)51-27-12-15-33-58(51)63-59/h1-40H. The van der Waals surface area contributed by atoms with Crippen molar-refractivity contribution in [1.82, 2.24) is 9.13 Å². The first-order valence-electron chi connectivity index (χ1n) is 22.0. The van der Waals surface area contributed by atoms with E-state index in [9.17, 15) is 0 Å². The third-order valence-corrected chi connectivity index (χ3v) is 18.2. The normalized spacial score (nSPS) is 12.1. The van der Waals surface area contributed by atoms with Crippen molar-refractivity contribution in [2.75, 3.05) is 0 Å². The summed E-state index contributed by atoms with van der Waals surface area (Å²) in [6.07, 6.45) is 0. The van der Waals surface area contributed by atoms with Crippen molar-refractivity contribution in [1.29, 1.82) is 0 Å². The van der Waals surface area contributed by atoms with Gasteiger partial charge in [0, 0.05) is 43.7 Å². The Balaban J connectivity index is 1.04. The molecule has 0 fully saturated rings. The fourth-order valence-electron chi connectivity index (χ4n) is 10.8. The topological polar surface area (TPSA) is 23.0 Å². The second-order valence-corrected chi connectivity index (χ2v) is 20.6. The van der Waals surface area contributed by atoms with Gasteiger partial charge in [-0.2, -0.15) is 0 Å². The number of aromatic nitrogens is 2. The summed E-state index contributed by atoms with van der Waals surface area (Å²) >= 11 is 0. The van der Waals surface area contributed by atoms with Gasteiger partial charge in [-0.05, 0) is 92.5 Å². The van der Waals surface area contributed by atoms with Crippen LogP contribution in [0.25, 0.3) is 88.1 Å². The maximum atomic E-state index is 6.24. The van der Waals surface area contributed by atoms with E-state index in [0.29, 0.717) is 0 Å². The Kier molecular flexibility index (Phi) is 8.23. The van der Waals surface area contributed by atoms with Gasteiger partial charge in [-0.1, -0.05) is 182 Å². The molecule has 0 saturated heterocycles. The van der Waals surface area contributed by atoms with Gasteiger partial charge in [0.05, 0.1) is 22.1 Å².